The molecule has 2 N–H and O–H groups in total. The third-order valence-corrected chi connectivity index (χ3v) is 2.90. The van der Waals surface area contributed by atoms with Crippen LogP contribution >= 0.6 is 0 Å². The number of hydrogen-bond acceptors (Lipinski definition) is 3. The predicted molar refractivity (Wildman–Crippen MR) is 71.6 cm³/mol. The van der Waals surface area contributed by atoms with Crippen LogP contribution < -0.4 is 10.5 Å². The second-order valence-corrected chi connectivity index (χ2v) is 4.07. The Labute approximate surface area is 105 Å². The third-order valence-electron chi connectivity index (χ3n) is 2.90. The zero-order chi connectivity index (χ0) is 12.5. The molecule has 90 valence electrons. The average Bonchev–Trinajstić information content (AvgIpc) is 2.82. The van der Waals surface area contributed by atoms with Crippen molar-refractivity contribution in [3.05, 3.63) is 48.8 Å². The Balaban J connectivity index is 2.15. The fourth-order valence-electron chi connectivity index (χ4n) is 1.96. The highest BCUT2D eigenvalue weighted by Crippen LogP contribution is 2.23. The van der Waals surface area contributed by atoms with Crippen LogP contribution in [0.5, 0.6) is 5.75 Å². The summed E-state index contributed by atoms with van der Waals surface area (Å²) in [6, 6.07) is 11.6. The zero-order valence-corrected chi connectivity index (χ0v) is 10.00. The van der Waals surface area contributed by atoms with Gasteiger partial charge < -0.3 is 10.5 Å². The highest BCUT2D eigenvalue weighted by atomic mass is 16.5. The number of imidazole rings is 1. The molecule has 0 atom stereocenters. The monoisotopic (exact) mass is 239 g/mol. The summed E-state index contributed by atoms with van der Waals surface area (Å²) in [6.07, 6.45) is 3.71. The normalized spacial score (nSPS) is 10.7. The molecule has 2 heterocycles. The van der Waals surface area contributed by atoms with Crippen LogP contribution in [0.1, 0.15) is 0 Å². The van der Waals surface area contributed by atoms with Gasteiger partial charge >= 0.3 is 0 Å². The Hall–Kier alpha value is -2.49. The second-order valence-electron chi connectivity index (χ2n) is 4.07. The first-order chi connectivity index (χ1) is 8.78. The summed E-state index contributed by atoms with van der Waals surface area (Å²) in [7, 11) is 1.65. The maximum absolute atomic E-state index is 5.81. The van der Waals surface area contributed by atoms with Crippen molar-refractivity contribution in [1.29, 1.82) is 0 Å². The molecular formula is C14H13N3O. The van der Waals surface area contributed by atoms with E-state index in [2.05, 4.69) is 4.98 Å². The number of rotatable bonds is 2. The van der Waals surface area contributed by atoms with Gasteiger partial charge in [0.1, 0.15) is 11.6 Å². The van der Waals surface area contributed by atoms with Gasteiger partial charge in [-0.25, -0.2) is 4.98 Å². The highest BCUT2D eigenvalue weighted by molar-refractivity contribution is 5.64. The molecule has 0 saturated heterocycles. The summed E-state index contributed by atoms with van der Waals surface area (Å²) in [5, 5.41) is 0. The Morgan fingerprint density at radius 1 is 1.11 bits per heavy atom. The molecule has 0 bridgehead atoms. The highest BCUT2D eigenvalue weighted by Gasteiger charge is 2.06. The number of pyridine rings is 1. The molecule has 0 saturated carbocycles. The summed E-state index contributed by atoms with van der Waals surface area (Å²) in [4.78, 5) is 4.43. The van der Waals surface area contributed by atoms with Crippen molar-refractivity contribution in [2.75, 3.05) is 12.8 Å². The molecule has 0 aliphatic heterocycles. The van der Waals surface area contributed by atoms with Gasteiger partial charge in [0.25, 0.3) is 0 Å². The Kier molecular flexibility index (Phi) is 2.41. The molecule has 4 heteroatoms. The minimum atomic E-state index is 0.718. The number of aromatic nitrogens is 2. The smallest absolute Gasteiger partial charge is 0.144 e. The number of nitrogens with two attached hydrogens (primary N) is 1. The summed E-state index contributed by atoms with van der Waals surface area (Å²) in [6.45, 7) is 0. The van der Waals surface area contributed by atoms with Gasteiger partial charge in [0.2, 0.25) is 0 Å². The molecule has 18 heavy (non-hydrogen) atoms. The van der Waals surface area contributed by atoms with E-state index in [1.165, 1.54) is 0 Å². The van der Waals surface area contributed by atoms with Crippen molar-refractivity contribution in [1.82, 2.24) is 9.38 Å². The van der Waals surface area contributed by atoms with Crippen LogP contribution in [0.2, 0.25) is 0 Å². The van der Waals surface area contributed by atoms with Gasteiger partial charge in [-0.2, -0.15) is 0 Å². The van der Waals surface area contributed by atoms with E-state index in [-0.39, 0.29) is 0 Å². The molecule has 0 radical (unpaired) electrons. The first kappa shape index (κ1) is 10.7. The molecule has 0 fully saturated rings. The van der Waals surface area contributed by atoms with E-state index in [1.807, 2.05) is 53.2 Å². The van der Waals surface area contributed by atoms with Gasteiger partial charge in [-0.3, -0.25) is 4.40 Å². The molecule has 2 aromatic heterocycles. The zero-order valence-electron chi connectivity index (χ0n) is 10.00. The quantitative estimate of drug-likeness (QED) is 0.747. The predicted octanol–water partition coefficient (Wildman–Crippen LogP) is 2.59. The van der Waals surface area contributed by atoms with Crippen LogP contribution in [-0.4, -0.2) is 16.5 Å². The van der Waals surface area contributed by atoms with E-state index in [0.29, 0.717) is 0 Å². The number of fused-ring (bicyclic) bond motifs is 1. The number of nitrogen functional groups attached to an aromatic ring is 1. The summed E-state index contributed by atoms with van der Waals surface area (Å²) >= 11 is 0. The molecular weight excluding hydrogens is 226 g/mol. The standard InChI is InChI=1S/C14H13N3O/c1-18-13-6-2-10(3-7-13)14-16-8-12-5-4-11(15)9-17(12)14/h2-9H,15H2,1H3. The first-order valence-corrected chi connectivity index (χ1v) is 5.65. The molecule has 3 aromatic rings. The van der Waals surface area contributed by atoms with Crippen LogP contribution in [-0.2, 0) is 0 Å². The largest absolute Gasteiger partial charge is 0.497 e. The lowest BCUT2D eigenvalue weighted by Crippen LogP contribution is -1.93. The minimum absolute atomic E-state index is 0.718. The topological polar surface area (TPSA) is 52.5 Å². The number of methoxy groups -OCH3 is 1. The molecule has 4 nitrogen and oxygen atoms in total. The van der Waals surface area contributed by atoms with E-state index in [9.17, 15) is 0 Å². The molecule has 0 spiro atoms. The van der Waals surface area contributed by atoms with E-state index >= 15 is 0 Å². The maximum atomic E-state index is 5.81. The van der Waals surface area contributed by atoms with E-state index in [4.69, 9.17) is 10.5 Å². The molecule has 0 aliphatic rings. The number of nitrogens with zero attached hydrogens (tertiary/aromatic N) is 2. The van der Waals surface area contributed by atoms with E-state index in [0.717, 1.165) is 28.3 Å². The average molecular weight is 239 g/mol. The number of anilines is 1. The Morgan fingerprint density at radius 2 is 1.89 bits per heavy atom. The van der Waals surface area contributed by atoms with Crippen molar-refractivity contribution < 1.29 is 4.74 Å². The molecule has 0 amide bonds. The van der Waals surface area contributed by atoms with Gasteiger partial charge in [0.15, 0.2) is 0 Å². The molecule has 0 unspecified atom stereocenters. The molecule has 1 aromatic carbocycles. The van der Waals surface area contributed by atoms with Gasteiger partial charge in [-0.15, -0.1) is 0 Å². The van der Waals surface area contributed by atoms with Gasteiger partial charge in [-0.1, -0.05) is 0 Å². The van der Waals surface area contributed by atoms with Crippen molar-refractivity contribution in [2.45, 2.75) is 0 Å². The van der Waals surface area contributed by atoms with Crippen molar-refractivity contribution in [2.24, 2.45) is 0 Å². The summed E-state index contributed by atoms with van der Waals surface area (Å²) in [5.41, 5.74) is 8.58. The van der Waals surface area contributed by atoms with Crippen LogP contribution in [0.3, 0.4) is 0 Å². The Bertz CT molecular complexity index is 686. The summed E-state index contributed by atoms with van der Waals surface area (Å²) < 4.78 is 7.13. The number of hydrogen-bond donors (Lipinski definition) is 1. The van der Waals surface area contributed by atoms with Crippen LogP contribution in [0.15, 0.2) is 48.8 Å². The number of benzene rings is 1. The fraction of sp³-hybridized carbons (Fsp3) is 0.0714. The van der Waals surface area contributed by atoms with Crippen LogP contribution in [0, 0.1) is 0 Å². The lowest BCUT2D eigenvalue weighted by molar-refractivity contribution is 0.415. The van der Waals surface area contributed by atoms with Gasteiger partial charge in [0.05, 0.1) is 18.8 Å². The summed E-state index contributed by atoms with van der Waals surface area (Å²) in [5.74, 6) is 1.71. The van der Waals surface area contributed by atoms with E-state index in [1.54, 1.807) is 7.11 Å². The van der Waals surface area contributed by atoms with Crippen molar-refractivity contribution in [3.8, 4) is 17.1 Å². The van der Waals surface area contributed by atoms with Crippen LogP contribution in [0.25, 0.3) is 16.9 Å². The van der Waals surface area contributed by atoms with Crippen LogP contribution in [0.4, 0.5) is 5.69 Å². The molecule has 0 aliphatic carbocycles. The van der Waals surface area contributed by atoms with E-state index < -0.39 is 0 Å². The maximum Gasteiger partial charge on any atom is 0.144 e. The SMILES string of the molecule is COc1ccc(-c2ncc3ccc(N)cn23)cc1. The lowest BCUT2D eigenvalue weighted by atomic mass is 10.2. The lowest BCUT2D eigenvalue weighted by Gasteiger charge is -2.04. The third kappa shape index (κ3) is 1.68. The van der Waals surface area contributed by atoms with Gasteiger partial charge in [0, 0.05) is 17.4 Å². The van der Waals surface area contributed by atoms with Crippen molar-refractivity contribution in [3.63, 3.8) is 0 Å². The Morgan fingerprint density at radius 3 is 2.61 bits per heavy atom. The second kappa shape index (κ2) is 4.07. The number of ether oxygens (including phenoxy) is 1. The first-order valence-electron chi connectivity index (χ1n) is 5.65. The molecule has 3 rings (SSSR count). The minimum Gasteiger partial charge on any atom is -0.497 e. The fourth-order valence-corrected chi connectivity index (χ4v) is 1.96. The van der Waals surface area contributed by atoms with Gasteiger partial charge in [-0.05, 0) is 36.4 Å². The van der Waals surface area contributed by atoms with Crippen molar-refractivity contribution >= 4 is 11.2 Å².